The fourth-order valence-corrected chi connectivity index (χ4v) is 3.46. The first kappa shape index (κ1) is 13.5. The highest BCUT2D eigenvalue weighted by Crippen LogP contribution is 2.29. The lowest BCUT2D eigenvalue weighted by Crippen LogP contribution is -2.29. The number of aromatic nitrogens is 1. The maximum atomic E-state index is 5.98. The van der Waals surface area contributed by atoms with Crippen molar-refractivity contribution >= 4 is 33.8 Å². The van der Waals surface area contributed by atoms with Gasteiger partial charge in [0.05, 0.1) is 15.9 Å². The Hall–Kier alpha value is -1.46. The molecule has 20 heavy (non-hydrogen) atoms. The fourth-order valence-electron chi connectivity index (χ4n) is 2.33. The van der Waals surface area contributed by atoms with Crippen molar-refractivity contribution in [3.05, 3.63) is 63.4 Å². The second kappa shape index (κ2) is 5.89. The molecular formula is C15H14ClN3S. The number of nitrogens with two attached hydrogens (primary N) is 1. The van der Waals surface area contributed by atoms with Gasteiger partial charge in [-0.05, 0) is 23.8 Å². The summed E-state index contributed by atoms with van der Waals surface area (Å²) in [4.78, 5) is 5.68. The number of benzene rings is 1. The summed E-state index contributed by atoms with van der Waals surface area (Å²) in [6.07, 6.45) is 2.60. The molecule has 0 saturated heterocycles. The number of nitrogens with zero attached hydrogens (tertiary/aromatic N) is 1. The van der Waals surface area contributed by atoms with E-state index in [-0.39, 0.29) is 6.04 Å². The zero-order valence-corrected chi connectivity index (χ0v) is 12.3. The molecule has 0 saturated carbocycles. The van der Waals surface area contributed by atoms with Gasteiger partial charge >= 0.3 is 0 Å². The van der Waals surface area contributed by atoms with Crippen LogP contribution in [0.1, 0.15) is 16.5 Å². The number of fused-ring (bicyclic) bond motifs is 1. The Morgan fingerprint density at radius 1 is 1.20 bits per heavy atom. The summed E-state index contributed by atoms with van der Waals surface area (Å²) in [5.41, 5.74) is 4.99. The lowest BCUT2D eigenvalue weighted by Gasteiger charge is -2.17. The van der Waals surface area contributed by atoms with Crippen LogP contribution in [0.15, 0.2) is 48.7 Å². The highest BCUT2D eigenvalue weighted by atomic mass is 35.5. The minimum atomic E-state index is 0.0170. The van der Waals surface area contributed by atoms with Crippen molar-refractivity contribution in [3.63, 3.8) is 0 Å². The molecule has 0 aliphatic rings. The third-order valence-electron chi connectivity index (χ3n) is 3.27. The Morgan fingerprint density at radius 3 is 2.80 bits per heavy atom. The molecular weight excluding hydrogens is 290 g/mol. The summed E-state index contributed by atoms with van der Waals surface area (Å²) in [5, 5.41) is 1.12. The summed E-state index contributed by atoms with van der Waals surface area (Å²) >= 11 is 7.56. The minimum Gasteiger partial charge on any atom is -0.271 e. The van der Waals surface area contributed by atoms with Gasteiger partial charge in [-0.25, -0.2) is 0 Å². The van der Waals surface area contributed by atoms with E-state index in [4.69, 9.17) is 17.4 Å². The first-order valence-corrected chi connectivity index (χ1v) is 7.51. The van der Waals surface area contributed by atoms with E-state index in [0.717, 1.165) is 27.2 Å². The van der Waals surface area contributed by atoms with E-state index in [2.05, 4.69) is 28.6 Å². The van der Waals surface area contributed by atoms with Gasteiger partial charge in [0.1, 0.15) is 0 Å². The minimum absolute atomic E-state index is 0.0170. The van der Waals surface area contributed by atoms with Crippen LogP contribution in [0, 0.1) is 0 Å². The zero-order valence-electron chi connectivity index (χ0n) is 10.7. The van der Waals surface area contributed by atoms with Gasteiger partial charge in [0.25, 0.3) is 0 Å². The summed E-state index contributed by atoms with van der Waals surface area (Å²) in [5.74, 6) is 5.74. The van der Waals surface area contributed by atoms with Crippen LogP contribution in [0.25, 0.3) is 10.9 Å². The molecule has 2 heterocycles. The van der Waals surface area contributed by atoms with Crippen molar-refractivity contribution in [2.45, 2.75) is 12.5 Å². The van der Waals surface area contributed by atoms with E-state index in [1.165, 1.54) is 4.88 Å². The molecule has 1 atom stereocenters. The van der Waals surface area contributed by atoms with E-state index in [0.29, 0.717) is 0 Å². The monoisotopic (exact) mass is 303 g/mol. The highest BCUT2D eigenvalue weighted by Gasteiger charge is 2.15. The molecule has 5 heteroatoms. The molecule has 0 amide bonds. The SMILES string of the molecule is NNC(Cc1ccc(Cl)s1)c1cccc2cccnc12. The maximum Gasteiger partial charge on any atom is 0.0931 e. The summed E-state index contributed by atoms with van der Waals surface area (Å²) < 4.78 is 0.798. The Bertz CT molecular complexity index is 720. The molecule has 2 aromatic heterocycles. The Labute approximate surface area is 126 Å². The van der Waals surface area contributed by atoms with Crippen LogP contribution < -0.4 is 11.3 Å². The number of rotatable bonds is 4. The van der Waals surface area contributed by atoms with Crippen LogP contribution >= 0.6 is 22.9 Å². The van der Waals surface area contributed by atoms with Crippen molar-refractivity contribution in [2.75, 3.05) is 0 Å². The average Bonchev–Trinajstić information content (AvgIpc) is 2.89. The molecule has 0 radical (unpaired) electrons. The van der Waals surface area contributed by atoms with E-state index >= 15 is 0 Å². The average molecular weight is 304 g/mol. The summed E-state index contributed by atoms with van der Waals surface area (Å²) in [6.45, 7) is 0. The largest absolute Gasteiger partial charge is 0.271 e. The Kier molecular flexibility index (Phi) is 3.98. The number of nitrogens with one attached hydrogen (secondary N) is 1. The standard InChI is InChI=1S/C15H14ClN3S/c16-14-7-6-11(20-14)9-13(19-17)12-5-1-3-10-4-2-8-18-15(10)12/h1-8,13,19H,9,17H2. The molecule has 3 aromatic rings. The number of pyridine rings is 1. The van der Waals surface area contributed by atoms with Gasteiger partial charge in [0.15, 0.2) is 0 Å². The van der Waals surface area contributed by atoms with Crippen molar-refractivity contribution in [1.82, 2.24) is 10.4 Å². The first-order chi connectivity index (χ1) is 9.78. The number of thiophene rings is 1. The van der Waals surface area contributed by atoms with Crippen molar-refractivity contribution < 1.29 is 0 Å². The molecule has 102 valence electrons. The van der Waals surface area contributed by atoms with Crippen molar-refractivity contribution in [1.29, 1.82) is 0 Å². The van der Waals surface area contributed by atoms with E-state index in [1.54, 1.807) is 17.5 Å². The second-order valence-electron chi connectivity index (χ2n) is 4.55. The number of hydrogen-bond donors (Lipinski definition) is 2. The number of halogens is 1. The second-order valence-corrected chi connectivity index (χ2v) is 6.35. The van der Waals surface area contributed by atoms with Crippen molar-refractivity contribution in [3.8, 4) is 0 Å². The van der Waals surface area contributed by atoms with E-state index in [1.807, 2.05) is 24.3 Å². The summed E-state index contributed by atoms with van der Waals surface area (Å²) in [7, 11) is 0. The van der Waals surface area contributed by atoms with Crippen LogP contribution in [0.4, 0.5) is 0 Å². The van der Waals surface area contributed by atoms with Crippen LogP contribution in [0.5, 0.6) is 0 Å². The molecule has 0 spiro atoms. The molecule has 3 nitrogen and oxygen atoms in total. The zero-order chi connectivity index (χ0) is 13.9. The predicted molar refractivity (Wildman–Crippen MR) is 84.8 cm³/mol. The smallest absolute Gasteiger partial charge is 0.0931 e. The van der Waals surface area contributed by atoms with Crippen LogP contribution in [0.3, 0.4) is 0 Å². The topological polar surface area (TPSA) is 50.9 Å². The Balaban J connectivity index is 1.98. The van der Waals surface area contributed by atoms with Gasteiger partial charge in [-0.2, -0.15) is 0 Å². The number of hydrogen-bond acceptors (Lipinski definition) is 4. The van der Waals surface area contributed by atoms with Crippen LogP contribution in [-0.2, 0) is 6.42 Å². The first-order valence-electron chi connectivity index (χ1n) is 6.32. The number of para-hydroxylation sites is 1. The van der Waals surface area contributed by atoms with Crippen LogP contribution in [-0.4, -0.2) is 4.98 Å². The van der Waals surface area contributed by atoms with Crippen LogP contribution in [0.2, 0.25) is 4.34 Å². The van der Waals surface area contributed by atoms with Gasteiger partial charge in [0.2, 0.25) is 0 Å². The maximum absolute atomic E-state index is 5.98. The van der Waals surface area contributed by atoms with Gasteiger partial charge in [-0.15, -0.1) is 11.3 Å². The summed E-state index contributed by atoms with van der Waals surface area (Å²) in [6, 6.07) is 14.1. The predicted octanol–water partition coefficient (Wildman–Crippen LogP) is 3.70. The quantitative estimate of drug-likeness (QED) is 0.571. The molecule has 1 unspecified atom stereocenters. The number of hydrazine groups is 1. The molecule has 0 fully saturated rings. The molecule has 0 aliphatic carbocycles. The fraction of sp³-hybridized carbons (Fsp3) is 0.133. The third-order valence-corrected chi connectivity index (χ3v) is 4.53. The van der Waals surface area contributed by atoms with Gasteiger partial charge in [-0.3, -0.25) is 16.3 Å². The highest BCUT2D eigenvalue weighted by molar-refractivity contribution is 7.16. The van der Waals surface area contributed by atoms with E-state index < -0.39 is 0 Å². The van der Waals surface area contributed by atoms with Crippen molar-refractivity contribution in [2.24, 2.45) is 5.84 Å². The normalized spacial score (nSPS) is 12.7. The molecule has 0 bridgehead atoms. The van der Waals surface area contributed by atoms with Gasteiger partial charge < -0.3 is 0 Å². The van der Waals surface area contributed by atoms with Gasteiger partial charge in [-0.1, -0.05) is 35.9 Å². The third kappa shape index (κ3) is 2.69. The Morgan fingerprint density at radius 2 is 2.05 bits per heavy atom. The lowest BCUT2D eigenvalue weighted by atomic mass is 10.00. The van der Waals surface area contributed by atoms with E-state index in [9.17, 15) is 0 Å². The molecule has 1 aromatic carbocycles. The molecule has 0 aliphatic heterocycles. The molecule has 3 N–H and O–H groups in total. The van der Waals surface area contributed by atoms with Gasteiger partial charge in [0, 0.05) is 22.9 Å². The molecule has 3 rings (SSSR count). The lowest BCUT2D eigenvalue weighted by molar-refractivity contribution is 0.558.